The third-order valence-electron chi connectivity index (χ3n) is 5.41. The van der Waals surface area contributed by atoms with Crippen LogP contribution in [0.4, 0.5) is 37.7 Å². The van der Waals surface area contributed by atoms with Gasteiger partial charge in [-0.3, -0.25) is 0 Å². The van der Waals surface area contributed by atoms with Crippen LogP contribution in [-0.4, -0.2) is 54.3 Å². The van der Waals surface area contributed by atoms with Crippen molar-refractivity contribution in [3.05, 3.63) is 52.2 Å². The van der Waals surface area contributed by atoms with Crippen molar-refractivity contribution in [1.82, 2.24) is 0 Å². The smallest absolute Gasteiger partial charge is 0.573 e. The number of aromatic carboxylic acids is 1. The monoisotopic (exact) mass is 520 g/mol. The Hall–Kier alpha value is -3.64. The van der Waals surface area contributed by atoms with Gasteiger partial charge in [0.2, 0.25) is 5.69 Å². The van der Waals surface area contributed by atoms with Crippen molar-refractivity contribution < 1.29 is 50.5 Å². The molecule has 1 aliphatic heterocycles. The van der Waals surface area contributed by atoms with Gasteiger partial charge in [0.05, 0.1) is 23.4 Å². The third kappa shape index (κ3) is 5.77. The van der Waals surface area contributed by atoms with Gasteiger partial charge in [0.25, 0.3) is 0 Å². The molecule has 1 heterocycles. The predicted octanol–water partition coefficient (Wildman–Crippen LogP) is 5.65. The van der Waals surface area contributed by atoms with E-state index in [2.05, 4.69) is 4.74 Å². The lowest BCUT2D eigenvalue weighted by molar-refractivity contribution is -0.388. The molecular formula is C23H22F6N2O5. The van der Waals surface area contributed by atoms with Crippen molar-refractivity contribution in [3.63, 3.8) is 0 Å². The van der Waals surface area contributed by atoms with Gasteiger partial charge in [-0.05, 0) is 43.2 Å². The minimum atomic E-state index is -5.03. The van der Waals surface area contributed by atoms with Crippen LogP contribution in [0, 0.1) is 5.21 Å². The van der Waals surface area contributed by atoms with Gasteiger partial charge >= 0.3 is 24.2 Å². The van der Waals surface area contributed by atoms with Crippen molar-refractivity contribution in [3.8, 4) is 11.5 Å². The van der Waals surface area contributed by atoms with Crippen LogP contribution in [-0.2, 0) is 6.42 Å². The SMILES string of the molecule is CCCc1c(OCCCN(C)c2ccc(C(=O)O)cc2OC(F)(F)F)ccc2c1[N+]([O-])=C2C(F)(F)F. The summed E-state index contributed by atoms with van der Waals surface area (Å²) in [7, 11) is 1.48. The summed E-state index contributed by atoms with van der Waals surface area (Å²) >= 11 is 0. The van der Waals surface area contributed by atoms with E-state index >= 15 is 0 Å². The van der Waals surface area contributed by atoms with Crippen molar-refractivity contribution >= 4 is 23.1 Å². The zero-order chi connectivity index (χ0) is 26.8. The van der Waals surface area contributed by atoms with Gasteiger partial charge in [0.1, 0.15) is 11.3 Å². The number of carboxylic acids is 1. The maximum atomic E-state index is 13.1. The summed E-state index contributed by atoms with van der Waals surface area (Å²) in [5, 5.41) is 21.1. The second kappa shape index (κ2) is 10.2. The van der Waals surface area contributed by atoms with E-state index in [-0.39, 0.29) is 52.6 Å². The first kappa shape index (κ1) is 27.0. The fourth-order valence-corrected chi connectivity index (χ4v) is 3.88. The van der Waals surface area contributed by atoms with E-state index in [0.717, 1.165) is 12.1 Å². The molecule has 0 aliphatic carbocycles. The number of fused-ring (bicyclic) bond motifs is 1. The van der Waals surface area contributed by atoms with Crippen LogP contribution in [0.25, 0.3) is 0 Å². The molecule has 2 aromatic carbocycles. The number of ether oxygens (including phenoxy) is 2. The van der Waals surface area contributed by atoms with E-state index in [1.165, 1.54) is 30.1 Å². The Morgan fingerprint density at radius 2 is 1.81 bits per heavy atom. The van der Waals surface area contributed by atoms with Crippen LogP contribution in [0.15, 0.2) is 30.3 Å². The maximum absolute atomic E-state index is 13.1. The summed E-state index contributed by atoms with van der Waals surface area (Å²) < 4.78 is 87.2. The van der Waals surface area contributed by atoms with E-state index < -0.39 is 30.0 Å². The minimum Gasteiger partial charge on any atom is -0.618 e. The van der Waals surface area contributed by atoms with E-state index in [1.807, 2.05) is 0 Å². The second-order valence-electron chi connectivity index (χ2n) is 7.99. The fourth-order valence-electron chi connectivity index (χ4n) is 3.88. The molecule has 0 amide bonds. The zero-order valence-corrected chi connectivity index (χ0v) is 19.2. The Kier molecular flexibility index (Phi) is 7.60. The topological polar surface area (TPSA) is 85.1 Å². The van der Waals surface area contributed by atoms with Gasteiger partial charge in [-0.1, -0.05) is 13.3 Å². The molecule has 0 atom stereocenters. The molecule has 0 fully saturated rings. The lowest BCUT2D eigenvalue weighted by atomic mass is 9.94. The molecule has 0 radical (unpaired) electrons. The highest BCUT2D eigenvalue weighted by atomic mass is 19.4. The van der Waals surface area contributed by atoms with Crippen LogP contribution in [0.5, 0.6) is 11.5 Å². The quantitative estimate of drug-likeness (QED) is 0.189. The third-order valence-corrected chi connectivity index (χ3v) is 5.41. The summed E-state index contributed by atoms with van der Waals surface area (Å²) in [6, 6.07) is 5.66. The highest BCUT2D eigenvalue weighted by molar-refractivity contribution is 6.10. The molecule has 7 nitrogen and oxygen atoms in total. The lowest BCUT2D eigenvalue weighted by Crippen LogP contribution is -2.38. The molecule has 0 aromatic heterocycles. The van der Waals surface area contributed by atoms with Gasteiger partial charge in [-0.25, -0.2) is 4.79 Å². The van der Waals surface area contributed by atoms with Gasteiger partial charge in [0, 0.05) is 13.6 Å². The molecule has 0 saturated heterocycles. The summed E-state index contributed by atoms with van der Waals surface area (Å²) in [4.78, 5) is 12.5. The molecule has 36 heavy (non-hydrogen) atoms. The zero-order valence-electron chi connectivity index (χ0n) is 19.2. The molecule has 0 saturated carbocycles. The molecule has 196 valence electrons. The first-order valence-corrected chi connectivity index (χ1v) is 10.8. The Labute approximate surface area is 201 Å². The Balaban J connectivity index is 1.70. The number of carboxylic acid groups (broad SMARTS) is 1. The summed E-state index contributed by atoms with van der Waals surface area (Å²) in [5.74, 6) is -1.83. The van der Waals surface area contributed by atoms with Crippen molar-refractivity contribution in [2.24, 2.45) is 0 Å². The van der Waals surface area contributed by atoms with Gasteiger partial charge in [-0.15, -0.1) is 13.2 Å². The van der Waals surface area contributed by atoms with E-state index in [1.54, 1.807) is 6.92 Å². The molecule has 0 bridgehead atoms. The molecule has 3 rings (SSSR count). The Bertz CT molecular complexity index is 1180. The second-order valence-corrected chi connectivity index (χ2v) is 7.99. The van der Waals surface area contributed by atoms with Crippen LogP contribution < -0.4 is 14.4 Å². The molecule has 1 aliphatic rings. The van der Waals surface area contributed by atoms with Crippen LogP contribution >= 0.6 is 0 Å². The number of hydrogen-bond acceptors (Lipinski definition) is 5. The Morgan fingerprint density at radius 1 is 1.11 bits per heavy atom. The number of hydrogen-bond donors (Lipinski definition) is 1. The Morgan fingerprint density at radius 3 is 2.39 bits per heavy atom. The molecular weight excluding hydrogens is 498 g/mol. The number of benzene rings is 2. The first-order valence-electron chi connectivity index (χ1n) is 10.8. The summed E-state index contributed by atoms with van der Waals surface area (Å²) in [6.45, 7) is 2.03. The van der Waals surface area contributed by atoms with Gasteiger partial charge in [-0.2, -0.15) is 17.9 Å². The van der Waals surface area contributed by atoms with E-state index in [0.29, 0.717) is 18.4 Å². The van der Waals surface area contributed by atoms with Crippen molar-refractivity contribution in [2.75, 3.05) is 25.1 Å². The number of rotatable bonds is 10. The molecule has 1 N–H and O–H groups in total. The molecule has 0 unspecified atom stereocenters. The van der Waals surface area contributed by atoms with Crippen molar-refractivity contribution in [1.29, 1.82) is 0 Å². The lowest BCUT2D eigenvalue weighted by Gasteiger charge is -2.26. The summed E-state index contributed by atoms with van der Waals surface area (Å²) in [6.07, 6.45) is -8.65. The fraction of sp³-hybridized carbons (Fsp3) is 0.391. The van der Waals surface area contributed by atoms with Gasteiger partial charge in [0.15, 0.2) is 5.75 Å². The minimum absolute atomic E-state index is 0.00209. The predicted molar refractivity (Wildman–Crippen MR) is 117 cm³/mol. The average Bonchev–Trinajstić information content (AvgIpc) is 2.74. The maximum Gasteiger partial charge on any atom is 0.573 e. The first-order chi connectivity index (χ1) is 16.7. The number of anilines is 1. The van der Waals surface area contributed by atoms with Gasteiger partial charge < -0.3 is 24.7 Å². The number of nitrogens with zero attached hydrogens (tertiary/aromatic N) is 2. The van der Waals surface area contributed by atoms with Crippen LogP contribution in [0.1, 0.15) is 41.3 Å². The average molecular weight is 520 g/mol. The molecule has 13 heteroatoms. The molecule has 2 aromatic rings. The van der Waals surface area contributed by atoms with Crippen molar-refractivity contribution in [2.45, 2.75) is 38.7 Å². The van der Waals surface area contributed by atoms with Crippen LogP contribution in [0.2, 0.25) is 0 Å². The largest absolute Gasteiger partial charge is 0.618 e. The normalized spacial score (nSPS) is 13.2. The number of carbonyl (C=O) groups is 1. The molecule has 0 spiro atoms. The van der Waals surface area contributed by atoms with E-state index in [9.17, 15) is 36.3 Å². The highest BCUT2D eigenvalue weighted by Crippen LogP contribution is 2.43. The summed E-state index contributed by atoms with van der Waals surface area (Å²) in [5.41, 5.74) is -1.54. The number of halogens is 6. The highest BCUT2D eigenvalue weighted by Gasteiger charge is 2.53. The van der Waals surface area contributed by atoms with E-state index in [4.69, 9.17) is 9.84 Å². The van der Waals surface area contributed by atoms with Crippen LogP contribution in [0.3, 0.4) is 0 Å². The number of alkyl halides is 6. The standard InChI is InChI=1S/C23H22F6N2O5/c1-3-5-14-17(9-7-15-19(14)31(34)20(15)22(24,25)26)35-11-4-10-30(2)16-8-6-13(21(32)33)12-18(16)36-23(27,28)29/h6-9,12H,3-5,10-11H2,1-2H3,(H,32,33).